The lowest BCUT2D eigenvalue weighted by atomic mass is 10.0. The number of nitrogens with zero attached hydrogens (tertiary/aromatic N) is 2. The first kappa shape index (κ1) is 18.7. The minimum atomic E-state index is -1.16. The summed E-state index contributed by atoms with van der Waals surface area (Å²) in [5, 5.41) is 21.0. The molecule has 4 rings (SSSR count). The van der Waals surface area contributed by atoms with Crippen LogP contribution in [0.1, 0.15) is 10.4 Å². The Kier molecular flexibility index (Phi) is 5.26. The number of carbonyl (C=O) groups excluding carboxylic acids is 1. The number of hydrogen-bond acceptors (Lipinski definition) is 4. The van der Waals surface area contributed by atoms with E-state index in [1.165, 1.54) is 0 Å². The number of H-pyrrole nitrogens is 1. The van der Waals surface area contributed by atoms with Crippen LogP contribution in [0.4, 0.5) is 10.6 Å². The molecule has 0 bridgehead atoms. The molecule has 0 aliphatic carbocycles. The predicted octanol–water partition coefficient (Wildman–Crippen LogP) is 2.88. The normalized spacial score (nSPS) is 13.9. The van der Waals surface area contributed by atoms with Crippen LogP contribution in [0, 0.1) is 0 Å². The zero-order valence-electron chi connectivity index (χ0n) is 15.7. The van der Waals surface area contributed by atoms with Gasteiger partial charge in [-0.3, -0.25) is 15.2 Å². The zero-order chi connectivity index (χ0) is 20.2. The van der Waals surface area contributed by atoms with Crippen molar-refractivity contribution in [2.45, 2.75) is 0 Å². The van der Waals surface area contributed by atoms with E-state index in [0.29, 0.717) is 11.3 Å². The Balaban J connectivity index is 1.53. The summed E-state index contributed by atoms with van der Waals surface area (Å²) in [5.74, 6) is 0.302. The van der Waals surface area contributed by atoms with Crippen LogP contribution >= 0.6 is 0 Å². The molecule has 4 N–H and O–H groups in total. The Hall–Kier alpha value is -3.65. The van der Waals surface area contributed by atoms with Crippen molar-refractivity contribution in [3.8, 4) is 22.4 Å². The van der Waals surface area contributed by atoms with Crippen LogP contribution in [-0.4, -0.2) is 58.4 Å². The number of rotatable bonds is 4. The van der Waals surface area contributed by atoms with Crippen molar-refractivity contribution in [3.63, 3.8) is 0 Å². The Morgan fingerprint density at radius 1 is 0.966 bits per heavy atom. The Morgan fingerprint density at radius 2 is 1.69 bits per heavy atom. The quantitative estimate of drug-likeness (QED) is 0.547. The summed E-state index contributed by atoms with van der Waals surface area (Å²) in [6.07, 6.45) is -1.16. The number of benzene rings is 2. The van der Waals surface area contributed by atoms with Crippen molar-refractivity contribution >= 4 is 17.8 Å². The van der Waals surface area contributed by atoms with Crippen LogP contribution in [0.3, 0.4) is 0 Å². The van der Waals surface area contributed by atoms with Gasteiger partial charge in [0.25, 0.3) is 5.91 Å². The van der Waals surface area contributed by atoms with Gasteiger partial charge in [-0.05, 0) is 29.3 Å². The van der Waals surface area contributed by atoms with Crippen molar-refractivity contribution in [3.05, 3.63) is 60.2 Å². The van der Waals surface area contributed by atoms with Gasteiger partial charge >= 0.3 is 6.09 Å². The Morgan fingerprint density at radius 3 is 2.41 bits per heavy atom. The number of piperazine rings is 1. The van der Waals surface area contributed by atoms with Crippen LogP contribution in [0.25, 0.3) is 22.4 Å². The molecule has 2 amide bonds. The molecule has 8 nitrogen and oxygen atoms in total. The summed E-state index contributed by atoms with van der Waals surface area (Å²) in [4.78, 5) is 25.2. The van der Waals surface area contributed by atoms with E-state index in [0.717, 1.165) is 42.9 Å². The maximum Gasteiger partial charge on any atom is 0.410 e. The first-order valence-corrected chi connectivity index (χ1v) is 9.36. The van der Waals surface area contributed by atoms with Gasteiger partial charge in [0.1, 0.15) is 0 Å². The van der Waals surface area contributed by atoms with Gasteiger partial charge in [-0.1, -0.05) is 30.3 Å². The highest BCUT2D eigenvalue weighted by Crippen LogP contribution is 2.27. The molecule has 0 radical (unpaired) electrons. The number of nitrogens with one attached hydrogen (secondary N) is 3. The maximum atomic E-state index is 12.6. The third-order valence-electron chi connectivity index (χ3n) is 4.86. The summed E-state index contributed by atoms with van der Waals surface area (Å²) in [6.45, 7) is 3.11. The zero-order valence-corrected chi connectivity index (χ0v) is 15.7. The molecule has 2 heterocycles. The van der Waals surface area contributed by atoms with E-state index < -0.39 is 6.09 Å². The summed E-state index contributed by atoms with van der Waals surface area (Å²) in [7, 11) is 0. The molecule has 1 aliphatic rings. The number of carboxylic acid groups (broad SMARTS) is 1. The first-order valence-electron chi connectivity index (χ1n) is 9.36. The molecule has 1 fully saturated rings. The molecule has 1 aromatic heterocycles. The van der Waals surface area contributed by atoms with Gasteiger partial charge in [-0.25, -0.2) is 4.79 Å². The highest BCUT2D eigenvalue weighted by atomic mass is 16.4. The molecule has 8 heteroatoms. The average molecular weight is 391 g/mol. The van der Waals surface area contributed by atoms with E-state index in [1.54, 1.807) is 6.07 Å². The summed E-state index contributed by atoms with van der Waals surface area (Å²) < 4.78 is 0. The van der Waals surface area contributed by atoms with Gasteiger partial charge in [0.2, 0.25) is 0 Å². The monoisotopic (exact) mass is 391 g/mol. The molecule has 2 aromatic carbocycles. The van der Waals surface area contributed by atoms with Gasteiger partial charge < -0.3 is 15.3 Å². The van der Waals surface area contributed by atoms with E-state index in [-0.39, 0.29) is 11.7 Å². The van der Waals surface area contributed by atoms with E-state index >= 15 is 0 Å². The topological polar surface area (TPSA) is 110 Å². The second-order valence-corrected chi connectivity index (χ2v) is 6.80. The van der Waals surface area contributed by atoms with Crippen molar-refractivity contribution in [2.75, 3.05) is 31.5 Å². The molecule has 148 valence electrons. The molecule has 1 aliphatic heterocycles. The standard InChI is InChI=1S/C21H21N5O3/c27-20(26-10-8-22-9-11-26)15-6-4-14(5-7-15)16-2-1-3-17(12-16)18-13-19(25-24-18)23-21(28)29/h1-7,12-13,22H,8-11H2,(H,28,29)(H2,23,24,25). The molecule has 29 heavy (non-hydrogen) atoms. The lowest BCUT2D eigenvalue weighted by Crippen LogP contribution is -2.46. The number of anilines is 1. The lowest BCUT2D eigenvalue weighted by molar-refractivity contribution is 0.0736. The fourth-order valence-corrected chi connectivity index (χ4v) is 3.37. The number of aromatic amines is 1. The molecular weight excluding hydrogens is 370 g/mol. The van der Waals surface area contributed by atoms with Crippen LogP contribution in [0.5, 0.6) is 0 Å². The van der Waals surface area contributed by atoms with E-state index in [9.17, 15) is 9.59 Å². The molecule has 0 atom stereocenters. The number of hydrogen-bond donors (Lipinski definition) is 4. The SMILES string of the molecule is O=C(O)Nc1cc(-c2cccc(-c3ccc(C(=O)N4CCNCC4)cc3)c2)[nH]n1. The molecule has 3 aromatic rings. The largest absolute Gasteiger partial charge is 0.465 e. The molecule has 0 spiro atoms. The van der Waals surface area contributed by atoms with Crippen LogP contribution < -0.4 is 10.6 Å². The van der Waals surface area contributed by atoms with Crippen molar-refractivity contribution < 1.29 is 14.7 Å². The van der Waals surface area contributed by atoms with Gasteiger partial charge in [-0.2, -0.15) is 5.10 Å². The summed E-state index contributed by atoms with van der Waals surface area (Å²) >= 11 is 0. The summed E-state index contributed by atoms with van der Waals surface area (Å²) in [5.41, 5.74) is 4.26. The Bertz CT molecular complexity index is 1020. The highest BCUT2D eigenvalue weighted by Gasteiger charge is 2.17. The van der Waals surface area contributed by atoms with Crippen molar-refractivity contribution in [1.82, 2.24) is 20.4 Å². The van der Waals surface area contributed by atoms with Crippen LogP contribution in [0.15, 0.2) is 54.6 Å². The van der Waals surface area contributed by atoms with E-state index in [2.05, 4.69) is 20.8 Å². The van der Waals surface area contributed by atoms with Crippen molar-refractivity contribution in [2.24, 2.45) is 0 Å². The van der Waals surface area contributed by atoms with Gasteiger partial charge in [0.15, 0.2) is 5.82 Å². The Labute approximate surface area is 167 Å². The number of amides is 2. The highest BCUT2D eigenvalue weighted by molar-refractivity contribution is 5.95. The molecule has 0 saturated carbocycles. The minimum absolute atomic E-state index is 0.0581. The number of carbonyl (C=O) groups is 2. The maximum absolute atomic E-state index is 12.6. The predicted molar refractivity (Wildman–Crippen MR) is 110 cm³/mol. The van der Waals surface area contributed by atoms with Gasteiger partial charge in [-0.15, -0.1) is 0 Å². The van der Waals surface area contributed by atoms with Crippen LogP contribution in [-0.2, 0) is 0 Å². The third-order valence-corrected chi connectivity index (χ3v) is 4.86. The van der Waals surface area contributed by atoms with E-state index in [1.807, 2.05) is 53.4 Å². The average Bonchev–Trinajstić information content (AvgIpc) is 3.22. The number of aromatic nitrogens is 2. The second-order valence-electron chi connectivity index (χ2n) is 6.80. The van der Waals surface area contributed by atoms with E-state index in [4.69, 9.17) is 5.11 Å². The first-order chi connectivity index (χ1) is 14.1. The minimum Gasteiger partial charge on any atom is -0.465 e. The third kappa shape index (κ3) is 4.27. The van der Waals surface area contributed by atoms with Gasteiger partial charge in [0, 0.05) is 43.4 Å². The molecular formula is C21H21N5O3. The fraction of sp³-hybridized carbons (Fsp3) is 0.190. The second kappa shape index (κ2) is 8.15. The molecule has 0 unspecified atom stereocenters. The van der Waals surface area contributed by atoms with Gasteiger partial charge in [0.05, 0.1) is 5.69 Å². The van der Waals surface area contributed by atoms with Crippen molar-refractivity contribution in [1.29, 1.82) is 0 Å². The smallest absolute Gasteiger partial charge is 0.410 e. The lowest BCUT2D eigenvalue weighted by Gasteiger charge is -2.27. The van der Waals surface area contributed by atoms with Crippen LogP contribution in [0.2, 0.25) is 0 Å². The summed E-state index contributed by atoms with van der Waals surface area (Å²) in [6, 6.07) is 17.1. The molecule has 1 saturated heterocycles. The fourth-order valence-electron chi connectivity index (χ4n) is 3.37.